The minimum absolute atomic E-state index is 0.101. The van der Waals surface area contributed by atoms with E-state index in [9.17, 15) is 22.8 Å². The third-order valence-electron chi connectivity index (χ3n) is 4.20. The summed E-state index contributed by atoms with van der Waals surface area (Å²) in [5, 5.41) is 9.41. The molecule has 0 spiro atoms. The van der Waals surface area contributed by atoms with E-state index in [-0.39, 0.29) is 20.8 Å². The molecular formula is C18H15ClN2O6S. The van der Waals surface area contributed by atoms with Crippen molar-refractivity contribution in [2.75, 3.05) is 0 Å². The van der Waals surface area contributed by atoms with Crippen molar-refractivity contribution in [3.05, 3.63) is 65.2 Å². The highest BCUT2D eigenvalue weighted by Gasteiger charge is 2.51. The largest absolute Gasteiger partial charge is 0.481 e. The number of halogens is 1. The Morgan fingerprint density at radius 1 is 1.04 bits per heavy atom. The first-order valence-electron chi connectivity index (χ1n) is 8.13. The second-order valence-corrected chi connectivity index (χ2v) is 8.29. The Morgan fingerprint density at radius 2 is 1.64 bits per heavy atom. The van der Waals surface area contributed by atoms with Gasteiger partial charge in [0.25, 0.3) is 15.9 Å². The first kappa shape index (κ1) is 19.8. The van der Waals surface area contributed by atoms with Crippen LogP contribution in [-0.2, 0) is 26.2 Å². The van der Waals surface area contributed by atoms with Crippen LogP contribution in [0.15, 0.2) is 59.5 Å². The molecule has 0 aliphatic carbocycles. The zero-order chi connectivity index (χ0) is 20.5. The highest BCUT2D eigenvalue weighted by Crippen LogP contribution is 2.29. The number of carboxylic acid groups (broad SMARTS) is 1. The fraction of sp³-hybridized carbons (Fsp3) is 0.167. The zero-order valence-electron chi connectivity index (χ0n) is 14.4. The second-order valence-electron chi connectivity index (χ2n) is 6.07. The summed E-state index contributed by atoms with van der Waals surface area (Å²) >= 11 is 5.76. The van der Waals surface area contributed by atoms with E-state index in [4.69, 9.17) is 16.7 Å². The van der Waals surface area contributed by atoms with E-state index in [1.165, 1.54) is 24.3 Å². The number of sulfonamides is 1. The van der Waals surface area contributed by atoms with Gasteiger partial charge >= 0.3 is 12.0 Å². The molecule has 8 nitrogen and oxygen atoms in total. The van der Waals surface area contributed by atoms with Crippen molar-refractivity contribution in [2.24, 2.45) is 0 Å². The smallest absolute Gasteiger partial charge is 0.342 e. The normalized spacial score (nSPS) is 17.2. The minimum atomic E-state index is -4.51. The van der Waals surface area contributed by atoms with Crippen LogP contribution >= 0.6 is 11.6 Å². The number of benzene rings is 2. The molecule has 3 rings (SSSR count). The lowest BCUT2D eigenvalue weighted by atomic mass is 10.1. The molecule has 2 aromatic rings. The van der Waals surface area contributed by atoms with E-state index >= 15 is 0 Å². The van der Waals surface area contributed by atoms with Crippen LogP contribution in [0.3, 0.4) is 0 Å². The van der Waals surface area contributed by atoms with Gasteiger partial charge in [0.05, 0.1) is 11.3 Å². The van der Waals surface area contributed by atoms with Crippen molar-refractivity contribution < 1.29 is 27.9 Å². The average Bonchev–Trinajstić information content (AvgIpc) is 2.87. The maximum absolute atomic E-state index is 12.9. The van der Waals surface area contributed by atoms with Gasteiger partial charge in [-0.25, -0.2) is 13.2 Å². The van der Waals surface area contributed by atoms with Gasteiger partial charge < -0.3 is 10.0 Å². The molecule has 2 aromatic carbocycles. The molecule has 0 radical (unpaired) electrons. The first-order valence-corrected chi connectivity index (χ1v) is 9.94. The molecule has 1 N–H and O–H groups in total. The number of nitrogens with zero attached hydrogens (tertiary/aromatic N) is 2. The van der Waals surface area contributed by atoms with Gasteiger partial charge in [-0.3, -0.25) is 9.59 Å². The fourth-order valence-corrected chi connectivity index (χ4v) is 4.35. The van der Waals surface area contributed by atoms with E-state index in [0.717, 1.165) is 4.90 Å². The first-order chi connectivity index (χ1) is 13.2. The Labute approximate surface area is 166 Å². The van der Waals surface area contributed by atoms with Crippen molar-refractivity contribution >= 4 is 39.5 Å². The van der Waals surface area contributed by atoms with Crippen LogP contribution in [-0.4, -0.2) is 46.7 Å². The Kier molecular flexibility index (Phi) is 5.39. The molecule has 1 aliphatic rings. The fourth-order valence-electron chi connectivity index (χ4n) is 2.87. The van der Waals surface area contributed by atoms with Crippen LogP contribution in [0.2, 0.25) is 5.02 Å². The third-order valence-corrected chi connectivity index (χ3v) is 6.13. The zero-order valence-corrected chi connectivity index (χ0v) is 15.9. The van der Waals surface area contributed by atoms with Crippen LogP contribution in [0.4, 0.5) is 4.79 Å². The van der Waals surface area contributed by atoms with E-state index in [0.29, 0.717) is 5.56 Å². The Morgan fingerprint density at radius 3 is 2.21 bits per heavy atom. The summed E-state index contributed by atoms with van der Waals surface area (Å²) in [6.45, 7) is -0.101. The molecule has 1 heterocycles. The molecule has 0 aromatic heterocycles. The highest BCUT2D eigenvalue weighted by molar-refractivity contribution is 7.90. The minimum Gasteiger partial charge on any atom is -0.481 e. The van der Waals surface area contributed by atoms with Gasteiger partial charge in [-0.15, -0.1) is 4.31 Å². The number of carbonyl (C=O) groups excluding carboxylic acids is 2. The number of carbonyl (C=O) groups is 3. The lowest BCUT2D eigenvalue weighted by Gasteiger charge is -2.20. The van der Waals surface area contributed by atoms with Crippen LogP contribution in [0.25, 0.3) is 0 Å². The summed E-state index contributed by atoms with van der Waals surface area (Å²) in [4.78, 5) is 37.4. The molecule has 1 atom stereocenters. The molecule has 0 saturated carbocycles. The molecule has 28 heavy (non-hydrogen) atoms. The van der Waals surface area contributed by atoms with E-state index in [2.05, 4.69) is 0 Å². The summed E-state index contributed by atoms with van der Waals surface area (Å²) in [6.07, 6.45) is -0.704. The molecular weight excluding hydrogens is 408 g/mol. The molecule has 1 aliphatic heterocycles. The predicted molar refractivity (Wildman–Crippen MR) is 98.9 cm³/mol. The molecule has 1 saturated heterocycles. The van der Waals surface area contributed by atoms with Crippen molar-refractivity contribution in [1.29, 1.82) is 0 Å². The van der Waals surface area contributed by atoms with Gasteiger partial charge in [0.2, 0.25) is 0 Å². The van der Waals surface area contributed by atoms with Gasteiger partial charge in [-0.05, 0) is 29.8 Å². The van der Waals surface area contributed by atoms with Crippen LogP contribution in [0.5, 0.6) is 0 Å². The Hall–Kier alpha value is -2.91. The number of hydrogen-bond acceptors (Lipinski definition) is 5. The summed E-state index contributed by atoms with van der Waals surface area (Å²) < 4.78 is 25.9. The number of imide groups is 1. The van der Waals surface area contributed by atoms with E-state index in [1.807, 2.05) is 0 Å². The van der Waals surface area contributed by atoms with Crippen molar-refractivity contribution in [3.63, 3.8) is 0 Å². The van der Waals surface area contributed by atoms with E-state index in [1.54, 1.807) is 30.3 Å². The van der Waals surface area contributed by atoms with Crippen LogP contribution in [0.1, 0.15) is 12.0 Å². The topological polar surface area (TPSA) is 112 Å². The quantitative estimate of drug-likeness (QED) is 0.715. The number of rotatable bonds is 6. The van der Waals surface area contributed by atoms with Crippen molar-refractivity contribution in [1.82, 2.24) is 9.21 Å². The molecule has 3 amide bonds. The third kappa shape index (κ3) is 3.71. The molecule has 10 heteroatoms. The predicted octanol–water partition coefficient (Wildman–Crippen LogP) is 2.34. The van der Waals surface area contributed by atoms with Gasteiger partial charge in [0, 0.05) is 11.6 Å². The SMILES string of the molecule is O=C(O)C[C@H]1C(=O)N(S(=O)(=O)c2ccc(Cl)cc2)C(=O)N1Cc1ccccc1. The molecule has 0 bridgehead atoms. The van der Waals surface area contributed by atoms with Gasteiger partial charge in [0.15, 0.2) is 0 Å². The summed E-state index contributed by atoms with van der Waals surface area (Å²) in [6, 6.07) is 11.0. The highest BCUT2D eigenvalue weighted by atomic mass is 35.5. The number of hydrogen-bond donors (Lipinski definition) is 1. The summed E-state index contributed by atoms with van der Waals surface area (Å²) in [5.74, 6) is -2.42. The Balaban J connectivity index is 2.00. The van der Waals surface area contributed by atoms with Crippen molar-refractivity contribution in [3.8, 4) is 0 Å². The van der Waals surface area contributed by atoms with Crippen molar-refractivity contribution in [2.45, 2.75) is 23.9 Å². The monoisotopic (exact) mass is 422 g/mol. The second kappa shape index (κ2) is 7.61. The van der Waals surface area contributed by atoms with Crippen LogP contribution in [0, 0.1) is 0 Å². The maximum atomic E-state index is 12.9. The summed E-state index contributed by atoms with van der Waals surface area (Å²) in [5.41, 5.74) is 0.629. The van der Waals surface area contributed by atoms with E-state index < -0.39 is 40.4 Å². The summed E-state index contributed by atoms with van der Waals surface area (Å²) in [7, 11) is -4.51. The number of urea groups is 1. The maximum Gasteiger partial charge on any atom is 0.342 e. The number of carboxylic acids is 1. The lowest BCUT2D eigenvalue weighted by molar-refractivity contribution is -0.140. The molecule has 1 fully saturated rings. The van der Waals surface area contributed by atoms with Gasteiger partial charge in [-0.2, -0.15) is 0 Å². The molecule has 0 unspecified atom stereocenters. The number of amides is 3. The Bertz CT molecular complexity index is 1020. The standard InChI is InChI=1S/C18H15ClN2O6S/c19-13-6-8-14(9-7-13)28(26,27)21-17(24)15(10-16(22)23)20(18(21)25)11-12-4-2-1-3-5-12/h1-9,15H,10-11H2,(H,22,23)/t15-/m0/s1. The number of aliphatic carboxylic acids is 1. The van der Waals surface area contributed by atoms with Gasteiger partial charge in [0.1, 0.15) is 6.04 Å². The lowest BCUT2D eigenvalue weighted by Crippen LogP contribution is -2.37. The van der Waals surface area contributed by atoms with Gasteiger partial charge in [-0.1, -0.05) is 41.9 Å². The molecule has 146 valence electrons. The average molecular weight is 423 g/mol. The van der Waals surface area contributed by atoms with Crippen LogP contribution < -0.4 is 0 Å².